The minimum atomic E-state index is 0. The molecule has 1 rings (SSSR count). The Morgan fingerprint density at radius 3 is 2.27 bits per heavy atom. The molecule has 0 unspecified atom stereocenters. The number of hydrogen-bond acceptors (Lipinski definition) is 3. The molecular formula is C5H9N2NaOS2. The second-order valence-electron chi connectivity index (χ2n) is 1.77. The Kier molecular flexibility index (Phi) is 11.1. The predicted molar refractivity (Wildman–Crippen MR) is 46.4 cm³/mol. The molecule has 1 saturated heterocycles. The van der Waals surface area contributed by atoms with Crippen molar-refractivity contribution in [1.82, 2.24) is 5.32 Å². The molecule has 0 aromatic heterocycles. The Bertz CT molecular complexity index is 130. The van der Waals surface area contributed by atoms with Crippen molar-refractivity contribution in [2.75, 3.05) is 6.54 Å². The van der Waals surface area contributed by atoms with Gasteiger partial charge in [-0.15, -0.1) is 0 Å². The summed E-state index contributed by atoms with van der Waals surface area (Å²) < 4.78 is 0.0833. The Labute approximate surface area is 99.2 Å². The fourth-order valence-electron chi connectivity index (χ4n) is 0.565. The van der Waals surface area contributed by atoms with E-state index in [0.29, 0.717) is 0 Å². The maximum atomic E-state index is 10.1. The zero-order chi connectivity index (χ0) is 7.98. The molecule has 11 heavy (non-hydrogen) atoms. The van der Waals surface area contributed by atoms with E-state index in [-0.39, 0.29) is 39.8 Å². The van der Waals surface area contributed by atoms with Crippen LogP contribution in [0, 0.1) is 0 Å². The first-order valence-corrected chi connectivity index (χ1v) is 3.67. The molecule has 1 heterocycles. The molecule has 1 amide bonds. The van der Waals surface area contributed by atoms with Gasteiger partial charge in [-0.1, -0.05) is 4.32 Å². The smallest absolute Gasteiger partial charge is 0.415 e. The summed E-state index contributed by atoms with van der Waals surface area (Å²) in [6.45, 7) is 0.888. The van der Waals surface area contributed by atoms with Crippen LogP contribution in [-0.2, 0) is 17.4 Å². The van der Waals surface area contributed by atoms with Crippen molar-refractivity contribution in [1.29, 1.82) is 0 Å². The van der Waals surface area contributed by atoms with Crippen LogP contribution in [0.2, 0.25) is 0 Å². The average molecular weight is 200 g/mol. The molecule has 0 aromatic rings. The van der Waals surface area contributed by atoms with E-state index in [4.69, 9.17) is 0 Å². The van der Waals surface area contributed by atoms with Crippen LogP contribution in [-0.4, -0.2) is 16.8 Å². The summed E-state index contributed by atoms with van der Waals surface area (Å²) in [6.07, 6.45) is 1.76. The van der Waals surface area contributed by atoms with Gasteiger partial charge in [0, 0.05) is 13.0 Å². The van der Waals surface area contributed by atoms with E-state index in [1.54, 1.807) is 0 Å². The standard InChI is InChI=1S/C4H7NO.CH3NS2.Na/c6-4-2-1-3-5-4;2-1(3)4;/h1-3H2,(H,5,6);(H3,2,3,4);/q;;+1/p-1. The number of carbonyl (C=O) groups is 1. The normalized spacial score (nSPS) is 13.6. The summed E-state index contributed by atoms with van der Waals surface area (Å²) in [7, 11) is 0. The molecule has 6 heteroatoms. The molecule has 0 atom stereocenters. The van der Waals surface area contributed by atoms with E-state index in [1.807, 2.05) is 0 Å². The van der Waals surface area contributed by atoms with Crippen LogP contribution < -0.4 is 40.6 Å². The number of nitrogens with one attached hydrogen (secondary N) is 1. The molecule has 3 N–H and O–H groups in total. The molecule has 0 aliphatic carbocycles. The SMILES string of the molecule is NC(=S)[S-].O=C1CCCN1.[Na+]. The van der Waals surface area contributed by atoms with E-state index in [9.17, 15) is 4.79 Å². The van der Waals surface area contributed by atoms with Crippen LogP contribution in [0.25, 0.3) is 0 Å². The van der Waals surface area contributed by atoms with Gasteiger partial charge in [-0.3, -0.25) is 4.79 Å². The molecule has 0 aromatic carbocycles. The van der Waals surface area contributed by atoms with Crippen LogP contribution >= 0.6 is 12.2 Å². The van der Waals surface area contributed by atoms with Gasteiger partial charge in [0.25, 0.3) is 0 Å². The van der Waals surface area contributed by atoms with Gasteiger partial charge in [-0.2, -0.15) is 0 Å². The van der Waals surface area contributed by atoms with Crippen LogP contribution in [0.4, 0.5) is 0 Å². The van der Waals surface area contributed by atoms with Crippen LogP contribution in [0.5, 0.6) is 0 Å². The third kappa shape index (κ3) is 13.6. The summed E-state index contributed by atoms with van der Waals surface area (Å²) in [5.41, 5.74) is 4.66. The van der Waals surface area contributed by atoms with Gasteiger partial charge in [-0.05, 0) is 6.42 Å². The first-order valence-electron chi connectivity index (χ1n) is 2.86. The maximum Gasteiger partial charge on any atom is 1.00 e. The van der Waals surface area contributed by atoms with Crippen LogP contribution in [0.1, 0.15) is 12.8 Å². The third-order valence-corrected chi connectivity index (χ3v) is 0.903. The van der Waals surface area contributed by atoms with Gasteiger partial charge in [0.05, 0.1) is 0 Å². The predicted octanol–water partition coefficient (Wildman–Crippen LogP) is -3.32. The summed E-state index contributed by atoms with van der Waals surface area (Å²) >= 11 is 8.26. The first-order chi connectivity index (χ1) is 4.63. The van der Waals surface area contributed by atoms with Crippen LogP contribution in [0.3, 0.4) is 0 Å². The van der Waals surface area contributed by atoms with Gasteiger partial charge in [-0.25, -0.2) is 0 Å². The molecule has 0 radical (unpaired) electrons. The van der Waals surface area contributed by atoms with Gasteiger partial charge in [0.2, 0.25) is 5.91 Å². The average Bonchev–Trinajstić information content (AvgIpc) is 2.15. The largest absolute Gasteiger partial charge is 1.00 e. The van der Waals surface area contributed by atoms with Crippen molar-refractivity contribution in [3.05, 3.63) is 0 Å². The van der Waals surface area contributed by atoms with E-state index in [1.165, 1.54) is 0 Å². The molecule has 1 aliphatic rings. The van der Waals surface area contributed by atoms with Crippen LogP contribution in [0.15, 0.2) is 0 Å². The van der Waals surface area contributed by atoms with E-state index in [2.05, 4.69) is 35.9 Å². The molecular weight excluding hydrogens is 191 g/mol. The minimum absolute atomic E-state index is 0. The Balaban J connectivity index is 0. The van der Waals surface area contributed by atoms with Crippen molar-refractivity contribution in [3.8, 4) is 0 Å². The molecule has 1 aliphatic heterocycles. The van der Waals surface area contributed by atoms with Crippen molar-refractivity contribution in [2.45, 2.75) is 12.8 Å². The summed E-state index contributed by atoms with van der Waals surface area (Å²) in [5.74, 6) is 0.204. The number of rotatable bonds is 0. The van der Waals surface area contributed by atoms with E-state index in [0.717, 1.165) is 19.4 Å². The summed E-state index contributed by atoms with van der Waals surface area (Å²) in [5, 5.41) is 2.68. The zero-order valence-corrected chi connectivity index (χ0v) is 10.1. The second kappa shape index (κ2) is 8.67. The summed E-state index contributed by atoms with van der Waals surface area (Å²) in [6, 6.07) is 0. The molecule has 0 bridgehead atoms. The number of thiocarbonyl (C=S) groups is 1. The second-order valence-corrected chi connectivity index (χ2v) is 2.91. The summed E-state index contributed by atoms with van der Waals surface area (Å²) in [4.78, 5) is 10.1. The van der Waals surface area contributed by atoms with Crippen molar-refractivity contribution in [2.24, 2.45) is 5.73 Å². The van der Waals surface area contributed by atoms with Gasteiger partial charge < -0.3 is 35.9 Å². The number of carbonyl (C=O) groups excluding carboxylic acids is 1. The maximum absolute atomic E-state index is 10.1. The molecule has 0 spiro atoms. The van der Waals surface area contributed by atoms with Crippen molar-refractivity contribution >= 4 is 35.1 Å². The molecule has 58 valence electrons. The number of nitrogens with two attached hydrogens (primary N) is 1. The van der Waals surface area contributed by atoms with Gasteiger partial charge in [0.1, 0.15) is 0 Å². The monoisotopic (exact) mass is 200 g/mol. The Morgan fingerprint density at radius 2 is 2.18 bits per heavy atom. The third-order valence-electron chi connectivity index (χ3n) is 0.903. The van der Waals surface area contributed by atoms with E-state index >= 15 is 0 Å². The fourth-order valence-corrected chi connectivity index (χ4v) is 0.565. The molecule has 0 saturated carbocycles. The Hall–Kier alpha value is 0.580. The number of hydrogen-bond donors (Lipinski definition) is 2. The van der Waals surface area contributed by atoms with Gasteiger partial charge in [0.15, 0.2) is 0 Å². The van der Waals surface area contributed by atoms with Crippen molar-refractivity contribution < 1.29 is 34.4 Å². The fraction of sp³-hybridized carbons (Fsp3) is 0.600. The topological polar surface area (TPSA) is 55.1 Å². The first kappa shape index (κ1) is 14.1. The number of amides is 1. The van der Waals surface area contributed by atoms with Crippen molar-refractivity contribution in [3.63, 3.8) is 0 Å². The molecule has 1 fully saturated rings. The zero-order valence-electron chi connectivity index (χ0n) is 6.42. The Morgan fingerprint density at radius 1 is 1.73 bits per heavy atom. The van der Waals surface area contributed by atoms with E-state index < -0.39 is 0 Å². The molecule has 3 nitrogen and oxygen atoms in total. The van der Waals surface area contributed by atoms with Gasteiger partial charge >= 0.3 is 29.6 Å². The minimum Gasteiger partial charge on any atom is -0.415 e. The quantitative estimate of drug-likeness (QED) is 0.244.